The highest BCUT2D eigenvalue weighted by Crippen LogP contribution is 2.53. The van der Waals surface area contributed by atoms with Crippen molar-refractivity contribution >= 4 is 60.7 Å². The van der Waals surface area contributed by atoms with E-state index in [1.54, 1.807) is 11.1 Å². The molecule has 0 aliphatic heterocycles. The summed E-state index contributed by atoms with van der Waals surface area (Å²) >= 11 is 0. The molecule has 0 nitrogen and oxygen atoms in total. The van der Waals surface area contributed by atoms with Gasteiger partial charge in [-0.05, 0) is 193 Å². The Morgan fingerprint density at radius 3 is 1.91 bits per heavy atom. The first-order valence-electron chi connectivity index (χ1n) is 25.4. The standard InChI is InChI=1S/C67H62/c1-6-44-39-42(2)41-67(4,5)61-40-48(35-36-50(44)61)65-57-28-16-17-29-58(57)66(62-43(3)19-18-30-60(62)65)59-38-37-49(51-22-10-11-23-52(51)59)45-31-33-47(34-32-45)64-55-26-14-12-24-53(55)63(46-20-8-7-9-21-46)54-25-13-15-27-56(54)64/h7-8,10-12,14-20,22-24,26-31,33,37-41,51-52H,6,9,13,21,25,32,34-36H2,1-5H3. The van der Waals surface area contributed by atoms with Crippen molar-refractivity contribution in [2.45, 2.75) is 92.4 Å². The molecule has 12 rings (SSSR count). The molecule has 0 amide bonds. The van der Waals surface area contributed by atoms with Gasteiger partial charge in [-0.25, -0.2) is 0 Å². The first-order chi connectivity index (χ1) is 32.8. The van der Waals surface area contributed by atoms with Gasteiger partial charge in [-0.15, -0.1) is 0 Å². The van der Waals surface area contributed by atoms with Gasteiger partial charge in [-0.2, -0.15) is 0 Å². The second-order valence-electron chi connectivity index (χ2n) is 20.7. The summed E-state index contributed by atoms with van der Waals surface area (Å²) in [6, 6.07) is 25.6. The molecule has 0 saturated carbocycles. The Labute approximate surface area is 398 Å². The van der Waals surface area contributed by atoms with Crippen LogP contribution in [0.25, 0.3) is 60.7 Å². The van der Waals surface area contributed by atoms with E-state index < -0.39 is 0 Å². The van der Waals surface area contributed by atoms with Crippen molar-refractivity contribution in [2.75, 3.05) is 0 Å². The lowest BCUT2D eigenvalue weighted by molar-refractivity contribution is 0.581. The van der Waals surface area contributed by atoms with Crippen LogP contribution in [0.15, 0.2) is 191 Å². The molecule has 7 aliphatic carbocycles. The number of fused-ring (bicyclic) bond motifs is 5. The first-order valence-corrected chi connectivity index (χ1v) is 25.4. The molecule has 5 aromatic rings. The Morgan fingerprint density at radius 1 is 0.537 bits per heavy atom. The topological polar surface area (TPSA) is 0 Å². The highest BCUT2D eigenvalue weighted by atomic mass is 14.4. The normalized spacial score (nSPS) is 21.9. The van der Waals surface area contributed by atoms with Crippen molar-refractivity contribution in [3.05, 3.63) is 230 Å². The molecule has 330 valence electrons. The molecule has 5 aromatic carbocycles. The average Bonchev–Trinajstić information content (AvgIpc) is 3.46. The third kappa shape index (κ3) is 6.93. The van der Waals surface area contributed by atoms with Crippen LogP contribution in [0.5, 0.6) is 0 Å². The van der Waals surface area contributed by atoms with Gasteiger partial charge in [0, 0.05) is 17.3 Å². The van der Waals surface area contributed by atoms with Gasteiger partial charge in [0.05, 0.1) is 0 Å². The fourth-order valence-electron chi connectivity index (χ4n) is 13.4. The molecule has 7 aliphatic rings. The van der Waals surface area contributed by atoms with Crippen LogP contribution in [-0.4, -0.2) is 0 Å². The molecule has 0 radical (unpaired) electrons. The molecule has 0 heterocycles. The van der Waals surface area contributed by atoms with Crippen LogP contribution >= 0.6 is 0 Å². The number of hydrogen-bond acceptors (Lipinski definition) is 0. The molecular formula is C67H62. The van der Waals surface area contributed by atoms with E-state index in [0.717, 1.165) is 57.8 Å². The third-order valence-corrected chi connectivity index (χ3v) is 16.3. The Morgan fingerprint density at radius 2 is 1.18 bits per heavy atom. The Kier molecular flexibility index (Phi) is 10.4. The maximum atomic E-state index is 2.61. The molecule has 67 heavy (non-hydrogen) atoms. The van der Waals surface area contributed by atoms with Crippen LogP contribution in [0.3, 0.4) is 0 Å². The first kappa shape index (κ1) is 41.9. The maximum Gasteiger partial charge on any atom is 0.0131 e. The predicted octanol–water partition coefficient (Wildman–Crippen LogP) is 18.4. The summed E-state index contributed by atoms with van der Waals surface area (Å²) in [5, 5.41) is 8.35. The van der Waals surface area contributed by atoms with Crippen molar-refractivity contribution in [1.82, 2.24) is 0 Å². The summed E-state index contributed by atoms with van der Waals surface area (Å²) in [4.78, 5) is 0. The fourth-order valence-corrected chi connectivity index (χ4v) is 13.4. The molecule has 0 saturated heterocycles. The predicted molar refractivity (Wildman–Crippen MR) is 291 cm³/mol. The fraction of sp³-hybridized carbons (Fsp3) is 0.254. The van der Waals surface area contributed by atoms with Crippen molar-refractivity contribution in [3.8, 4) is 0 Å². The lowest BCUT2D eigenvalue weighted by Gasteiger charge is -2.35. The zero-order chi connectivity index (χ0) is 45.4. The van der Waals surface area contributed by atoms with E-state index in [9.17, 15) is 0 Å². The van der Waals surface area contributed by atoms with E-state index in [4.69, 9.17) is 0 Å². The van der Waals surface area contributed by atoms with Gasteiger partial charge < -0.3 is 0 Å². The zero-order valence-electron chi connectivity index (χ0n) is 40.1. The lowest BCUT2D eigenvalue weighted by atomic mass is 9.68. The van der Waals surface area contributed by atoms with Gasteiger partial charge in [0.1, 0.15) is 0 Å². The number of rotatable bonds is 6. The second-order valence-corrected chi connectivity index (χ2v) is 20.7. The Hall–Kier alpha value is -6.50. The Balaban J connectivity index is 0.988. The number of hydrogen-bond donors (Lipinski definition) is 0. The van der Waals surface area contributed by atoms with Crippen LogP contribution in [0.2, 0.25) is 0 Å². The Bertz CT molecular complexity index is 3410. The molecule has 0 fully saturated rings. The average molecular weight is 867 g/mol. The van der Waals surface area contributed by atoms with E-state index >= 15 is 0 Å². The minimum absolute atomic E-state index is 0.0425. The van der Waals surface area contributed by atoms with E-state index in [1.165, 1.54) is 116 Å². The highest BCUT2D eigenvalue weighted by Gasteiger charge is 2.35. The van der Waals surface area contributed by atoms with Crippen LogP contribution in [0.1, 0.15) is 118 Å². The van der Waals surface area contributed by atoms with E-state index in [2.05, 4.69) is 199 Å². The monoisotopic (exact) mass is 866 g/mol. The van der Waals surface area contributed by atoms with Crippen LogP contribution in [0.4, 0.5) is 0 Å². The quantitative estimate of drug-likeness (QED) is 0.149. The van der Waals surface area contributed by atoms with Crippen molar-refractivity contribution in [1.29, 1.82) is 0 Å². The molecule has 0 aromatic heterocycles. The van der Waals surface area contributed by atoms with Crippen molar-refractivity contribution in [2.24, 2.45) is 17.3 Å². The maximum absolute atomic E-state index is 2.61. The SMILES string of the molecule is CCC1=CC(C)=CC(C)(C)C2=C1CCC(c1c3ccccc3c(C3=CC=C(C4=CC=C(c5c6c(c(C7=CC=CCC7)c7ccccc57)CCC=C6)CC4)C4C=CC=CC34)c3c(C)cccc13)=C2. The summed E-state index contributed by atoms with van der Waals surface area (Å²) < 4.78 is 0. The van der Waals surface area contributed by atoms with Crippen molar-refractivity contribution in [3.63, 3.8) is 0 Å². The smallest absolute Gasteiger partial charge is 0.0131 e. The zero-order valence-corrected chi connectivity index (χ0v) is 40.1. The van der Waals surface area contributed by atoms with Crippen molar-refractivity contribution < 1.29 is 0 Å². The highest BCUT2D eigenvalue weighted by molar-refractivity contribution is 6.17. The van der Waals surface area contributed by atoms with Gasteiger partial charge in [-0.3, -0.25) is 0 Å². The molecule has 0 spiro atoms. The minimum atomic E-state index is -0.0425. The van der Waals surface area contributed by atoms with Gasteiger partial charge in [0.2, 0.25) is 0 Å². The molecule has 0 heteroatoms. The van der Waals surface area contributed by atoms with Gasteiger partial charge in [0.15, 0.2) is 0 Å². The molecule has 2 unspecified atom stereocenters. The van der Waals surface area contributed by atoms with Gasteiger partial charge in [0.25, 0.3) is 0 Å². The second kappa shape index (κ2) is 16.7. The minimum Gasteiger partial charge on any atom is -0.0842 e. The van der Waals surface area contributed by atoms with Crippen LogP contribution < -0.4 is 0 Å². The van der Waals surface area contributed by atoms with Crippen LogP contribution in [-0.2, 0) is 6.42 Å². The van der Waals surface area contributed by atoms with E-state index in [0.29, 0.717) is 0 Å². The summed E-state index contributed by atoms with van der Waals surface area (Å²) in [5.41, 5.74) is 24.9. The molecule has 0 bridgehead atoms. The number of benzene rings is 5. The van der Waals surface area contributed by atoms with E-state index in [-0.39, 0.29) is 17.3 Å². The van der Waals surface area contributed by atoms with E-state index in [1.807, 2.05) is 0 Å². The summed E-state index contributed by atoms with van der Waals surface area (Å²) in [7, 11) is 0. The number of aryl methyl sites for hydroxylation is 1. The lowest BCUT2D eigenvalue weighted by Crippen LogP contribution is -2.21. The molecule has 2 atom stereocenters. The third-order valence-electron chi connectivity index (χ3n) is 16.3. The van der Waals surface area contributed by atoms with Gasteiger partial charge in [-0.1, -0.05) is 190 Å². The summed E-state index contributed by atoms with van der Waals surface area (Å²) in [5.74, 6) is 0.520. The molecular weight excluding hydrogens is 805 g/mol. The number of allylic oxidation sites excluding steroid dienone is 25. The van der Waals surface area contributed by atoms with Gasteiger partial charge >= 0.3 is 0 Å². The summed E-state index contributed by atoms with van der Waals surface area (Å²) in [6.45, 7) is 11.8. The molecule has 0 N–H and O–H groups in total. The summed E-state index contributed by atoms with van der Waals surface area (Å²) in [6.07, 6.45) is 48.6. The van der Waals surface area contributed by atoms with Crippen LogP contribution in [0, 0.1) is 24.2 Å². The largest absolute Gasteiger partial charge is 0.0842 e.